The lowest BCUT2D eigenvalue weighted by Gasteiger charge is -2.38. The zero-order valence-electron chi connectivity index (χ0n) is 28.4. The second-order valence-electron chi connectivity index (χ2n) is 13.7. The van der Waals surface area contributed by atoms with Gasteiger partial charge in [0, 0.05) is 6.54 Å². The number of carbonyl (C=O) groups excluding carboxylic acids is 4. The third-order valence-corrected chi connectivity index (χ3v) is 10.5. The SMILES string of the molecule is N#Cc1ccc(CN2C(=O)N(Cc3ccc(C#N)cc3)C3(CCCCC3)C2=O)cc1.N#Cc1ccc(CN2C(=O)NC3(CCCCC3)C2=O)cc1. The first-order valence-electron chi connectivity index (χ1n) is 17.5. The molecule has 1 N–H and O–H groups in total. The summed E-state index contributed by atoms with van der Waals surface area (Å²) in [4.78, 5) is 56.0. The number of nitriles is 3. The fraction of sp³-hybridized carbons (Fsp3) is 0.375. The molecular weight excluding hydrogens is 642 g/mol. The van der Waals surface area contributed by atoms with Crippen molar-refractivity contribution in [1.29, 1.82) is 15.8 Å². The smallest absolute Gasteiger partial charge is 0.323 e. The Morgan fingerprint density at radius 1 is 0.529 bits per heavy atom. The second kappa shape index (κ2) is 14.9. The molecule has 0 unspecified atom stereocenters. The van der Waals surface area contributed by atoms with E-state index in [2.05, 4.69) is 23.5 Å². The summed E-state index contributed by atoms with van der Waals surface area (Å²) in [5.74, 6) is -0.221. The fourth-order valence-electron chi connectivity index (χ4n) is 7.68. The van der Waals surface area contributed by atoms with Gasteiger partial charge >= 0.3 is 12.1 Å². The summed E-state index contributed by atoms with van der Waals surface area (Å²) in [7, 11) is 0. The number of urea groups is 2. The summed E-state index contributed by atoms with van der Waals surface area (Å²) in [6.45, 7) is 0.813. The van der Waals surface area contributed by atoms with E-state index in [-0.39, 0.29) is 37.0 Å². The molecular formula is C40H39N7O4. The van der Waals surface area contributed by atoms with Crippen LogP contribution < -0.4 is 5.32 Å². The third-order valence-electron chi connectivity index (χ3n) is 10.5. The third kappa shape index (κ3) is 7.04. The van der Waals surface area contributed by atoms with Crippen LogP contribution in [0.2, 0.25) is 0 Å². The average Bonchev–Trinajstić information content (AvgIpc) is 3.49. The van der Waals surface area contributed by atoms with E-state index in [9.17, 15) is 19.2 Å². The Morgan fingerprint density at radius 3 is 1.39 bits per heavy atom. The van der Waals surface area contributed by atoms with Gasteiger partial charge in [-0.05, 0) is 78.8 Å². The van der Waals surface area contributed by atoms with E-state index < -0.39 is 11.1 Å². The van der Waals surface area contributed by atoms with Gasteiger partial charge in [0.05, 0.1) is 48.0 Å². The van der Waals surface area contributed by atoms with Gasteiger partial charge in [-0.3, -0.25) is 19.4 Å². The molecule has 51 heavy (non-hydrogen) atoms. The molecule has 7 rings (SSSR count). The van der Waals surface area contributed by atoms with E-state index in [0.29, 0.717) is 36.1 Å². The number of hydrogen-bond donors (Lipinski definition) is 1. The van der Waals surface area contributed by atoms with Gasteiger partial charge in [0.25, 0.3) is 11.8 Å². The second-order valence-corrected chi connectivity index (χ2v) is 13.7. The first-order chi connectivity index (χ1) is 24.7. The topological polar surface area (TPSA) is 161 Å². The Kier molecular flexibility index (Phi) is 10.2. The molecule has 0 radical (unpaired) electrons. The van der Waals surface area contributed by atoms with Crippen molar-refractivity contribution in [2.24, 2.45) is 0 Å². The first kappa shape index (κ1) is 34.9. The number of hydrogen-bond acceptors (Lipinski definition) is 7. The zero-order valence-corrected chi connectivity index (χ0v) is 28.4. The van der Waals surface area contributed by atoms with E-state index in [1.54, 1.807) is 65.6 Å². The van der Waals surface area contributed by atoms with Gasteiger partial charge < -0.3 is 10.2 Å². The number of benzene rings is 3. The quantitative estimate of drug-likeness (QED) is 0.294. The molecule has 3 aromatic carbocycles. The van der Waals surface area contributed by atoms with Gasteiger partial charge in [0.1, 0.15) is 11.1 Å². The van der Waals surface area contributed by atoms with Crippen LogP contribution in [-0.4, -0.2) is 49.7 Å². The van der Waals surface area contributed by atoms with Crippen molar-refractivity contribution in [2.45, 2.75) is 94.9 Å². The highest BCUT2D eigenvalue weighted by molar-refractivity contribution is 6.07. The summed E-state index contributed by atoms with van der Waals surface area (Å²) < 4.78 is 0. The van der Waals surface area contributed by atoms with Crippen LogP contribution in [0.3, 0.4) is 0 Å². The molecule has 0 atom stereocenters. The van der Waals surface area contributed by atoms with E-state index in [4.69, 9.17) is 15.8 Å². The lowest BCUT2D eigenvalue weighted by Crippen LogP contribution is -2.50. The molecule has 2 spiro atoms. The van der Waals surface area contributed by atoms with Crippen LogP contribution in [0.1, 0.15) is 97.6 Å². The number of imide groups is 2. The Labute approximate surface area is 297 Å². The molecule has 2 saturated carbocycles. The van der Waals surface area contributed by atoms with Crippen LogP contribution in [-0.2, 0) is 29.2 Å². The predicted octanol–water partition coefficient (Wildman–Crippen LogP) is 6.41. The molecule has 0 bridgehead atoms. The number of rotatable bonds is 6. The molecule has 11 nitrogen and oxygen atoms in total. The summed E-state index contributed by atoms with van der Waals surface area (Å²) in [6.07, 6.45) is 8.84. The van der Waals surface area contributed by atoms with Gasteiger partial charge in [0.2, 0.25) is 0 Å². The van der Waals surface area contributed by atoms with Crippen LogP contribution in [0.25, 0.3) is 0 Å². The van der Waals surface area contributed by atoms with Crippen molar-refractivity contribution in [1.82, 2.24) is 20.0 Å². The Hall–Kier alpha value is -5.99. The highest BCUT2D eigenvalue weighted by Crippen LogP contribution is 2.42. The minimum Gasteiger partial charge on any atom is -0.323 e. The van der Waals surface area contributed by atoms with Crippen molar-refractivity contribution < 1.29 is 19.2 Å². The molecule has 2 saturated heterocycles. The van der Waals surface area contributed by atoms with Gasteiger partial charge in [-0.25, -0.2) is 9.59 Å². The summed E-state index contributed by atoms with van der Waals surface area (Å²) in [6, 6.07) is 26.8. The lowest BCUT2D eigenvalue weighted by atomic mass is 9.80. The standard InChI is InChI=1S/C24H22N4O2.C16H17N3O2/c25-14-18-4-8-20(9-5-18)16-27-22(29)24(12-2-1-3-13-24)28(23(27)30)17-21-10-6-19(15-26)7-11-21;17-10-12-4-6-13(7-5-12)11-19-14(20)16(18-15(19)21)8-2-1-3-9-16/h4-11H,1-3,12-13,16-17H2;4-7H,1-3,8-9,11H2,(H,18,21). The zero-order chi connectivity index (χ0) is 36.0. The summed E-state index contributed by atoms with van der Waals surface area (Å²) in [5, 5.41) is 29.7. The molecule has 6 amide bonds. The van der Waals surface area contributed by atoms with Crippen LogP contribution in [0, 0.1) is 34.0 Å². The van der Waals surface area contributed by atoms with Crippen LogP contribution in [0.4, 0.5) is 9.59 Å². The molecule has 2 aliphatic carbocycles. The fourth-order valence-corrected chi connectivity index (χ4v) is 7.68. The number of amides is 6. The van der Waals surface area contributed by atoms with Crippen LogP contribution >= 0.6 is 0 Å². The van der Waals surface area contributed by atoms with Crippen molar-refractivity contribution in [3.8, 4) is 18.2 Å². The van der Waals surface area contributed by atoms with Crippen molar-refractivity contribution in [3.05, 3.63) is 106 Å². The normalized spacial score (nSPS) is 18.9. The maximum atomic E-state index is 13.5. The Bertz CT molecular complexity index is 1920. The first-order valence-corrected chi connectivity index (χ1v) is 17.5. The van der Waals surface area contributed by atoms with Crippen LogP contribution in [0.15, 0.2) is 72.8 Å². The van der Waals surface area contributed by atoms with E-state index >= 15 is 0 Å². The van der Waals surface area contributed by atoms with E-state index in [1.807, 2.05) is 12.1 Å². The van der Waals surface area contributed by atoms with Crippen molar-refractivity contribution in [3.63, 3.8) is 0 Å². The Balaban J connectivity index is 0.000000187. The molecule has 4 fully saturated rings. The van der Waals surface area contributed by atoms with Gasteiger partial charge in [-0.1, -0.05) is 74.9 Å². The number of carbonyl (C=O) groups is 4. The lowest BCUT2D eigenvalue weighted by molar-refractivity contribution is -0.135. The summed E-state index contributed by atoms with van der Waals surface area (Å²) in [5.41, 5.74) is 2.81. The highest BCUT2D eigenvalue weighted by Gasteiger charge is 2.57. The minimum atomic E-state index is -0.782. The minimum absolute atomic E-state index is 0.100. The maximum Gasteiger partial charge on any atom is 0.328 e. The molecule has 2 aliphatic heterocycles. The number of nitrogens with zero attached hydrogens (tertiary/aromatic N) is 6. The number of nitrogens with one attached hydrogen (secondary N) is 1. The summed E-state index contributed by atoms with van der Waals surface area (Å²) >= 11 is 0. The molecule has 2 heterocycles. The monoisotopic (exact) mass is 681 g/mol. The van der Waals surface area contributed by atoms with Gasteiger partial charge in [0.15, 0.2) is 0 Å². The van der Waals surface area contributed by atoms with Crippen LogP contribution in [0.5, 0.6) is 0 Å². The van der Waals surface area contributed by atoms with Crippen molar-refractivity contribution in [2.75, 3.05) is 0 Å². The average molecular weight is 682 g/mol. The van der Waals surface area contributed by atoms with E-state index in [0.717, 1.165) is 68.1 Å². The maximum absolute atomic E-state index is 13.5. The molecule has 0 aromatic heterocycles. The van der Waals surface area contributed by atoms with E-state index in [1.165, 1.54) is 9.80 Å². The van der Waals surface area contributed by atoms with Gasteiger partial charge in [-0.15, -0.1) is 0 Å². The Morgan fingerprint density at radius 2 is 0.941 bits per heavy atom. The molecule has 11 heteroatoms. The molecule has 258 valence electrons. The van der Waals surface area contributed by atoms with Gasteiger partial charge in [-0.2, -0.15) is 15.8 Å². The van der Waals surface area contributed by atoms with Crippen molar-refractivity contribution >= 4 is 23.9 Å². The highest BCUT2D eigenvalue weighted by atomic mass is 16.2. The molecule has 4 aliphatic rings. The molecule has 3 aromatic rings. The predicted molar refractivity (Wildman–Crippen MR) is 186 cm³/mol. The largest absolute Gasteiger partial charge is 0.328 e.